The van der Waals surface area contributed by atoms with Gasteiger partial charge in [-0.2, -0.15) is 0 Å². The van der Waals surface area contributed by atoms with Crippen molar-refractivity contribution in [2.45, 2.75) is 52.0 Å². The van der Waals surface area contributed by atoms with Crippen LogP contribution in [0.4, 0.5) is 0 Å². The van der Waals surface area contributed by atoms with Crippen LogP contribution in [0.2, 0.25) is 0 Å². The van der Waals surface area contributed by atoms with Crippen LogP contribution in [0.25, 0.3) is 0 Å². The Hall–Kier alpha value is -0.930. The number of hydrazine groups is 1. The largest absolute Gasteiger partial charge is 0.271 e. The molecule has 2 aliphatic carbocycles. The molecule has 19 heavy (non-hydrogen) atoms. The molecular formula is C16H25N3. The lowest BCUT2D eigenvalue weighted by Crippen LogP contribution is -2.32. The van der Waals surface area contributed by atoms with Gasteiger partial charge in [0.1, 0.15) is 0 Å². The van der Waals surface area contributed by atoms with Crippen LogP contribution in [0.5, 0.6) is 0 Å². The monoisotopic (exact) mass is 259 g/mol. The summed E-state index contributed by atoms with van der Waals surface area (Å²) in [6, 6.07) is 2.41. The Morgan fingerprint density at radius 3 is 2.79 bits per heavy atom. The summed E-state index contributed by atoms with van der Waals surface area (Å²) in [4.78, 5) is 4.61. The molecule has 0 radical (unpaired) electrons. The zero-order valence-electron chi connectivity index (χ0n) is 12.0. The highest BCUT2D eigenvalue weighted by atomic mass is 15.2. The molecule has 0 aromatic carbocycles. The van der Waals surface area contributed by atoms with E-state index in [1.807, 2.05) is 6.20 Å². The summed E-state index contributed by atoms with van der Waals surface area (Å²) in [7, 11) is 0. The number of aryl methyl sites for hydroxylation is 2. The fourth-order valence-electron chi connectivity index (χ4n) is 4.32. The molecule has 3 rings (SSSR count). The van der Waals surface area contributed by atoms with Gasteiger partial charge < -0.3 is 0 Å². The van der Waals surface area contributed by atoms with Gasteiger partial charge in [-0.05, 0) is 68.4 Å². The molecule has 1 aromatic heterocycles. The van der Waals surface area contributed by atoms with Crippen molar-refractivity contribution in [1.29, 1.82) is 0 Å². The second-order valence-electron chi connectivity index (χ2n) is 6.60. The molecule has 0 amide bonds. The molecule has 0 aliphatic heterocycles. The molecule has 2 bridgehead atoms. The fourth-order valence-corrected chi connectivity index (χ4v) is 4.32. The van der Waals surface area contributed by atoms with Gasteiger partial charge in [0.05, 0.1) is 11.7 Å². The number of nitrogens with two attached hydrogens (primary N) is 1. The highest BCUT2D eigenvalue weighted by Crippen LogP contribution is 2.50. The fraction of sp³-hybridized carbons (Fsp3) is 0.688. The van der Waals surface area contributed by atoms with E-state index in [2.05, 4.69) is 30.3 Å². The van der Waals surface area contributed by atoms with Crippen molar-refractivity contribution in [2.75, 3.05) is 0 Å². The predicted octanol–water partition coefficient (Wildman–Crippen LogP) is 3.03. The molecule has 4 atom stereocenters. The maximum absolute atomic E-state index is 5.80. The maximum atomic E-state index is 5.80. The van der Waals surface area contributed by atoms with Crippen LogP contribution in [0, 0.1) is 31.6 Å². The minimum absolute atomic E-state index is 0.213. The number of pyridine rings is 1. The highest BCUT2D eigenvalue weighted by molar-refractivity contribution is 5.25. The number of aromatic nitrogens is 1. The summed E-state index contributed by atoms with van der Waals surface area (Å²) in [5.41, 5.74) is 6.61. The van der Waals surface area contributed by atoms with E-state index < -0.39 is 0 Å². The summed E-state index contributed by atoms with van der Waals surface area (Å²) in [5.74, 6) is 8.60. The Balaban J connectivity index is 1.73. The van der Waals surface area contributed by atoms with Crippen molar-refractivity contribution in [3.63, 3.8) is 0 Å². The number of nitrogens with zero attached hydrogens (tertiary/aromatic N) is 1. The van der Waals surface area contributed by atoms with E-state index in [-0.39, 0.29) is 6.04 Å². The number of hydrogen-bond acceptors (Lipinski definition) is 3. The molecular weight excluding hydrogens is 234 g/mol. The van der Waals surface area contributed by atoms with Crippen LogP contribution >= 0.6 is 0 Å². The van der Waals surface area contributed by atoms with Crippen molar-refractivity contribution in [1.82, 2.24) is 10.4 Å². The number of hydrogen-bond donors (Lipinski definition) is 2. The summed E-state index contributed by atoms with van der Waals surface area (Å²) in [6.45, 7) is 4.23. The van der Waals surface area contributed by atoms with Crippen molar-refractivity contribution in [3.8, 4) is 0 Å². The molecule has 104 valence electrons. The van der Waals surface area contributed by atoms with Crippen molar-refractivity contribution >= 4 is 0 Å². The van der Waals surface area contributed by atoms with E-state index >= 15 is 0 Å². The molecule has 2 fully saturated rings. The van der Waals surface area contributed by atoms with Crippen LogP contribution < -0.4 is 11.3 Å². The molecule has 2 saturated carbocycles. The average Bonchev–Trinajstić information content (AvgIpc) is 2.99. The van der Waals surface area contributed by atoms with Crippen molar-refractivity contribution in [3.05, 3.63) is 29.1 Å². The molecule has 3 N–H and O–H groups in total. The summed E-state index contributed by atoms with van der Waals surface area (Å²) in [5, 5.41) is 0. The summed E-state index contributed by atoms with van der Waals surface area (Å²) >= 11 is 0. The Bertz CT molecular complexity index is 457. The first kappa shape index (κ1) is 13.1. The predicted molar refractivity (Wildman–Crippen MR) is 77.3 cm³/mol. The second-order valence-corrected chi connectivity index (χ2v) is 6.60. The normalized spacial score (nSPS) is 30.8. The standard InChI is InChI=1S/C16H25N3/c1-10-5-11(2)16(18-9-10)15(19-17)8-14-7-12-3-4-13(14)6-12/h5,9,12-15,19H,3-4,6-8,17H2,1-2H3. The molecule has 3 nitrogen and oxygen atoms in total. The minimum atomic E-state index is 0.213. The first-order chi connectivity index (χ1) is 9.17. The molecule has 0 saturated heterocycles. The van der Waals surface area contributed by atoms with Crippen LogP contribution in [0.3, 0.4) is 0 Å². The van der Waals surface area contributed by atoms with Gasteiger partial charge in [0.2, 0.25) is 0 Å². The lowest BCUT2D eigenvalue weighted by Gasteiger charge is -2.26. The topological polar surface area (TPSA) is 50.9 Å². The smallest absolute Gasteiger partial charge is 0.0637 e. The summed E-state index contributed by atoms with van der Waals surface area (Å²) in [6.07, 6.45) is 8.87. The third-order valence-electron chi connectivity index (χ3n) is 5.21. The van der Waals surface area contributed by atoms with E-state index in [1.54, 1.807) is 0 Å². The molecule has 0 spiro atoms. The van der Waals surface area contributed by atoms with Gasteiger partial charge in [-0.1, -0.05) is 12.5 Å². The SMILES string of the molecule is Cc1cnc(C(CC2CC3CCC2C3)NN)c(C)c1. The minimum Gasteiger partial charge on any atom is -0.271 e. The average molecular weight is 259 g/mol. The van der Waals surface area contributed by atoms with E-state index in [1.165, 1.54) is 36.8 Å². The van der Waals surface area contributed by atoms with E-state index in [0.717, 1.165) is 29.9 Å². The molecule has 1 aromatic rings. The van der Waals surface area contributed by atoms with E-state index in [4.69, 9.17) is 5.84 Å². The molecule has 3 heteroatoms. The zero-order valence-corrected chi connectivity index (χ0v) is 12.0. The number of rotatable bonds is 4. The van der Waals surface area contributed by atoms with Crippen molar-refractivity contribution in [2.24, 2.45) is 23.6 Å². The van der Waals surface area contributed by atoms with Crippen LogP contribution in [0.15, 0.2) is 12.3 Å². The third-order valence-corrected chi connectivity index (χ3v) is 5.21. The quantitative estimate of drug-likeness (QED) is 0.645. The number of fused-ring (bicyclic) bond motifs is 2. The van der Waals surface area contributed by atoms with Gasteiger partial charge in [0.15, 0.2) is 0 Å². The van der Waals surface area contributed by atoms with Gasteiger partial charge in [-0.15, -0.1) is 0 Å². The van der Waals surface area contributed by atoms with Gasteiger partial charge >= 0.3 is 0 Å². The first-order valence-electron chi connectivity index (χ1n) is 7.56. The Morgan fingerprint density at radius 1 is 1.37 bits per heavy atom. The molecule has 1 heterocycles. The van der Waals surface area contributed by atoms with Gasteiger partial charge in [-0.3, -0.25) is 16.3 Å². The molecule has 2 aliphatic rings. The number of nitrogens with one attached hydrogen (secondary N) is 1. The second kappa shape index (κ2) is 5.22. The van der Waals surface area contributed by atoms with E-state index in [9.17, 15) is 0 Å². The first-order valence-corrected chi connectivity index (χ1v) is 7.56. The van der Waals surface area contributed by atoms with Gasteiger partial charge in [0.25, 0.3) is 0 Å². The summed E-state index contributed by atoms with van der Waals surface area (Å²) < 4.78 is 0. The Morgan fingerprint density at radius 2 is 2.21 bits per heavy atom. The van der Waals surface area contributed by atoms with Crippen LogP contribution in [0.1, 0.15) is 55.0 Å². The van der Waals surface area contributed by atoms with Crippen LogP contribution in [-0.4, -0.2) is 4.98 Å². The van der Waals surface area contributed by atoms with Gasteiger partial charge in [-0.25, -0.2) is 0 Å². The Labute approximate surface area is 116 Å². The van der Waals surface area contributed by atoms with Gasteiger partial charge in [0, 0.05) is 6.20 Å². The third kappa shape index (κ3) is 2.54. The lowest BCUT2D eigenvalue weighted by atomic mass is 9.83. The lowest BCUT2D eigenvalue weighted by molar-refractivity contribution is 0.277. The zero-order chi connectivity index (χ0) is 13.4. The Kier molecular flexibility index (Phi) is 3.59. The molecule has 4 unspecified atom stereocenters. The van der Waals surface area contributed by atoms with Crippen molar-refractivity contribution < 1.29 is 0 Å². The maximum Gasteiger partial charge on any atom is 0.0637 e. The van der Waals surface area contributed by atoms with Crippen LogP contribution in [-0.2, 0) is 0 Å². The van der Waals surface area contributed by atoms with E-state index in [0.29, 0.717) is 0 Å². The highest BCUT2D eigenvalue weighted by Gasteiger charge is 2.40.